The number of carbonyl (C=O) groups excluding carboxylic acids is 1. The van der Waals surface area contributed by atoms with Gasteiger partial charge in [-0.3, -0.25) is 4.79 Å². The number of anilines is 1. The second-order valence-corrected chi connectivity index (χ2v) is 5.43. The number of halogens is 1. The monoisotopic (exact) mass is 321 g/mol. The minimum Gasteiger partial charge on any atom is -0.345 e. The molecule has 1 aromatic carbocycles. The van der Waals surface area contributed by atoms with Gasteiger partial charge in [0.05, 0.1) is 17.5 Å². The van der Waals surface area contributed by atoms with Crippen LogP contribution in [-0.4, -0.2) is 15.9 Å². The third-order valence-electron chi connectivity index (χ3n) is 2.52. The molecule has 1 amide bonds. The molecule has 3 aromatic rings. The van der Waals surface area contributed by atoms with Gasteiger partial charge in [0, 0.05) is 4.47 Å². The molecule has 0 atom stereocenters. The Kier molecular flexibility index (Phi) is 2.89. The van der Waals surface area contributed by atoms with Crippen LogP contribution in [0.5, 0.6) is 0 Å². The molecule has 4 nitrogen and oxygen atoms in total. The van der Waals surface area contributed by atoms with E-state index in [1.165, 1.54) is 11.3 Å². The molecule has 0 bridgehead atoms. The highest BCUT2D eigenvalue weighted by atomic mass is 79.9. The van der Waals surface area contributed by atoms with Crippen LogP contribution in [0.25, 0.3) is 11.0 Å². The molecule has 2 heterocycles. The Hall–Kier alpha value is -1.66. The van der Waals surface area contributed by atoms with Crippen molar-refractivity contribution in [3.05, 3.63) is 45.3 Å². The molecule has 0 aliphatic heterocycles. The molecule has 18 heavy (non-hydrogen) atoms. The molecule has 0 fully saturated rings. The lowest BCUT2D eigenvalue weighted by Gasteiger charge is -2.04. The fourth-order valence-corrected chi connectivity index (χ4v) is 3.15. The first kappa shape index (κ1) is 11.4. The van der Waals surface area contributed by atoms with Crippen molar-refractivity contribution in [3.63, 3.8) is 0 Å². The number of fused-ring (bicyclic) bond motifs is 1. The molecule has 2 N–H and O–H groups in total. The highest BCUT2D eigenvalue weighted by molar-refractivity contribution is 9.10. The highest BCUT2D eigenvalue weighted by Crippen LogP contribution is 2.25. The van der Waals surface area contributed by atoms with Crippen LogP contribution in [0.15, 0.2) is 40.4 Å². The number of aromatic nitrogens is 2. The predicted octanol–water partition coefficient (Wildman–Crippen LogP) is 3.64. The maximum atomic E-state index is 12.1. The number of rotatable bonds is 2. The molecule has 0 aliphatic carbocycles. The first-order valence-corrected chi connectivity index (χ1v) is 6.89. The average Bonchev–Trinajstić information content (AvgIpc) is 2.97. The number of benzene rings is 1. The quantitative estimate of drug-likeness (QED) is 0.757. The van der Waals surface area contributed by atoms with Gasteiger partial charge in [0.15, 0.2) is 0 Å². The Bertz CT molecular complexity index is 719. The van der Waals surface area contributed by atoms with E-state index in [9.17, 15) is 4.79 Å². The van der Waals surface area contributed by atoms with E-state index in [-0.39, 0.29) is 5.91 Å². The number of nitrogens with zero attached hydrogens (tertiary/aromatic N) is 1. The topological polar surface area (TPSA) is 57.8 Å². The van der Waals surface area contributed by atoms with Crippen LogP contribution in [0.3, 0.4) is 0 Å². The van der Waals surface area contributed by atoms with Crippen LogP contribution < -0.4 is 5.32 Å². The number of carbonyl (C=O) groups is 1. The lowest BCUT2D eigenvalue weighted by Crippen LogP contribution is -2.11. The van der Waals surface area contributed by atoms with E-state index < -0.39 is 0 Å². The van der Waals surface area contributed by atoms with Crippen LogP contribution in [0.2, 0.25) is 0 Å². The summed E-state index contributed by atoms with van der Waals surface area (Å²) in [5.41, 5.74) is 2.37. The molecule has 90 valence electrons. The molecule has 6 heteroatoms. The number of hydrogen-bond donors (Lipinski definition) is 2. The molecular weight excluding hydrogens is 314 g/mol. The van der Waals surface area contributed by atoms with Gasteiger partial charge in [-0.05, 0) is 39.5 Å². The van der Waals surface area contributed by atoms with Crippen molar-refractivity contribution in [1.29, 1.82) is 0 Å². The van der Waals surface area contributed by atoms with Gasteiger partial charge in [-0.25, -0.2) is 4.98 Å². The van der Waals surface area contributed by atoms with Crippen LogP contribution in [0.1, 0.15) is 9.67 Å². The third-order valence-corrected chi connectivity index (χ3v) is 4.36. The number of imidazole rings is 1. The highest BCUT2D eigenvalue weighted by Gasteiger charge is 2.13. The van der Waals surface area contributed by atoms with Gasteiger partial charge in [0.2, 0.25) is 0 Å². The molecule has 0 unspecified atom stereocenters. The van der Waals surface area contributed by atoms with Gasteiger partial charge in [0.25, 0.3) is 5.91 Å². The maximum absolute atomic E-state index is 12.1. The first-order valence-electron chi connectivity index (χ1n) is 5.22. The molecular formula is C12H8BrN3OS. The summed E-state index contributed by atoms with van der Waals surface area (Å²) in [6, 6.07) is 7.48. The zero-order chi connectivity index (χ0) is 12.5. The van der Waals surface area contributed by atoms with E-state index in [0.29, 0.717) is 10.6 Å². The minimum absolute atomic E-state index is 0.132. The first-order chi connectivity index (χ1) is 8.75. The lowest BCUT2D eigenvalue weighted by atomic mass is 10.2. The molecule has 0 saturated heterocycles. The van der Waals surface area contributed by atoms with Crippen LogP contribution in [-0.2, 0) is 0 Å². The van der Waals surface area contributed by atoms with Gasteiger partial charge in [-0.1, -0.05) is 6.07 Å². The van der Waals surface area contributed by atoms with Crippen LogP contribution >= 0.6 is 27.3 Å². The molecule has 0 radical (unpaired) electrons. The smallest absolute Gasteiger partial charge is 0.266 e. The summed E-state index contributed by atoms with van der Waals surface area (Å²) >= 11 is 4.75. The van der Waals surface area contributed by atoms with E-state index in [1.54, 1.807) is 6.33 Å². The van der Waals surface area contributed by atoms with E-state index >= 15 is 0 Å². The Balaban J connectivity index is 1.95. The standard InChI is InChI=1S/C12H8BrN3OS/c13-7-4-5-18-11(7)12(17)16-9-3-1-2-8-10(9)15-6-14-8/h1-6H,(H,14,15)(H,16,17). The number of aromatic amines is 1. The van der Waals surface area contributed by atoms with Crippen LogP contribution in [0.4, 0.5) is 5.69 Å². The van der Waals surface area contributed by atoms with Gasteiger partial charge < -0.3 is 10.3 Å². The second kappa shape index (κ2) is 4.55. The SMILES string of the molecule is O=C(Nc1cccc2[nH]cnc12)c1sccc1Br. The minimum atomic E-state index is -0.132. The number of H-pyrrole nitrogens is 1. The summed E-state index contributed by atoms with van der Waals surface area (Å²) in [6.45, 7) is 0. The third kappa shape index (κ3) is 1.93. The zero-order valence-electron chi connectivity index (χ0n) is 9.11. The second-order valence-electron chi connectivity index (χ2n) is 3.66. The Morgan fingerprint density at radius 2 is 2.28 bits per heavy atom. The Morgan fingerprint density at radius 1 is 1.39 bits per heavy atom. The van der Waals surface area contributed by atoms with Gasteiger partial charge >= 0.3 is 0 Å². The average molecular weight is 322 g/mol. The van der Waals surface area contributed by atoms with Crippen molar-refractivity contribution >= 4 is 49.9 Å². The summed E-state index contributed by atoms with van der Waals surface area (Å²) in [5, 5.41) is 4.74. The van der Waals surface area contributed by atoms with Crippen molar-refractivity contribution in [2.24, 2.45) is 0 Å². The Labute approximate surface area is 115 Å². The van der Waals surface area contributed by atoms with Gasteiger partial charge in [-0.15, -0.1) is 11.3 Å². The van der Waals surface area contributed by atoms with Gasteiger partial charge in [0.1, 0.15) is 10.4 Å². The summed E-state index contributed by atoms with van der Waals surface area (Å²) in [4.78, 5) is 20.0. The molecule has 0 aliphatic rings. The fraction of sp³-hybridized carbons (Fsp3) is 0. The molecule has 0 spiro atoms. The van der Waals surface area contributed by atoms with Crippen molar-refractivity contribution < 1.29 is 4.79 Å². The fourth-order valence-electron chi connectivity index (χ4n) is 1.70. The van der Waals surface area contributed by atoms with Gasteiger partial charge in [-0.2, -0.15) is 0 Å². The predicted molar refractivity (Wildman–Crippen MR) is 76.1 cm³/mol. The Morgan fingerprint density at radius 3 is 3.06 bits per heavy atom. The number of thiophene rings is 1. The molecule has 0 saturated carbocycles. The summed E-state index contributed by atoms with van der Waals surface area (Å²) in [5.74, 6) is -0.132. The molecule has 3 rings (SSSR count). The number of hydrogen-bond acceptors (Lipinski definition) is 3. The van der Waals surface area contributed by atoms with Crippen LogP contribution in [0, 0.1) is 0 Å². The van der Waals surface area contributed by atoms with Crippen molar-refractivity contribution in [1.82, 2.24) is 9.97 Å². The lowest BCUT2D eigenvalue weighted by molar-refractivity contribution is 0.103. The largest absolute Gasteiger partial charge is 0.345 e. The van der Waals surface area contributed by atoms with E-state index in [4.69, 9.17) is 0 Å². The molecule has 2 aromatic heterocycles. The van der Waals surface area contributed by atoms with E-state index in [2.05, 4.69) is 31.2 Å². The zero-order valence-corrected chi connectivity index (χ0v) is 11.5. The number of para-hydroxylation sites is 1. The summed E-state index contributed by atoms with van der Waals surface area (Å²) in [6.07, 6.45) is 1.61. The number of nitrogens with one attached hydrogen (secondary N) is 2. The number of amides is 1. The van der Waals surface area contributed by atoms with Crippen molar-refractivity contribution in [3.8, 4) is 0 Å². The van der Waals surface area contributed by atoms with E-state index in [1.807, 2.05) is 29.6 Å². The van der Waals surface area contributed by atoms with Crippen molar-refractivity contribution in [2.75, 3.05) is 5.32 Å². The normalized spacial score (nSPS) is 10.7. The van der Waals surface area contributed by atoms with E-state index in [0.717, 1.165) is 15.5 Å². The van der Waals surface area contributed by atoms with Crippen molar-refractivity contribution in [2.45, 2.75) is 0 Å². The maximum Gasteiger partial charge on any atom is 0.266 e. The summed E-state index contributed by atoms with van der Waals surface area (Å²) in [7, 11) is 0. The summed E-state index contributed by atoms with van der Waals surface area (Å²) < 4.78 is 0.805.